The van der Waals surface area contributed by atoms with Gasteiger partial charge in [0.2, 0.25) is 0 Å². The van der Waals surface area contributed by atoms with Gasteiger partial charge >= 0.3 is 0 Å². The summed E-state index contributed by atoms with van der Waals surface area (Å²) in [6.07, 6.45) is 5.72. The molecule has 2 nitrogen and oxygen atoms in total. The van der Waals surface area contributed by atoms with Crippen LogP contribution in [0.1, 0.15) is 31.5 Å². The minimum Gasteiger partial charge on any atom is -0.269 e. The highest BCUT2D eigenvalue weighted by Gasteiger charge is 2.17. The van der Waals surface area contributed by atoms with Crippen LogP contribution in [0.4, 0.5) is 0 Å². The van der Waals surface area contributed by atoms with E-state index >= 15 is 0 Å². The molecule has 0 amide bonds. The van der Waals surface area contributed by atoms with Gasteiger partial charge in [-0.15, -0.1) is 0 Å². The Morgan fingerprint density at radius 1 is 1.67 bits per heavy atom. The van der Waals surface area contributed by atoms with E-state index in [2.05, 4.69) is 23.6 Å². The van der Waals surface area contributed by atoms with E-state index in [1.54, 1.807) is 0 Å². The summed E-state index contributed by atoms with van der Waals surface area (Å²) < 4.78 is 2.19. The predicted octanol–water partition coefficient (Wildman–Crippen LogP) is 2.03. The molecule has 1 aromatic heterocycles. The molecule has 0 aliphatic carbocycles. The number of rotatable bonds is 1. The van der Waals surface area contributed by atoms with E-state index in [-0.39, 0.29) is 0 Å². The van der Waals surface area contributed by atoms with Crippen LogP contribution in [0.25, 0.3) is 0 Å². The van der Waals surface area contributed by atoms with Crippen molar-refractivity contribution in [1.82, 2.24) is 9.78 Å². The van der Waals surface area contributed by atoms with Crippen molar-refractivity contribution >= 4 is 0 Å². The average molecular weight is 164 g/mol. The zero-order chi connectivity index (χ0) is 8.55. The average Bonchev–Trinajstić information content (AvgIpc) is 2.46. The van der Waals surface area contributed by atoms with Crippen LogP contribution in [0, 0.1) is 5.92 Å². The fourth-order valence-electron chi connectivity index (χ4n) is 1.96. The van der Waals surface area contributed by atoms with Gasteiger partial charge in [0.15, 0.2) is 0 Å². The Kier molecular flexibility index (Phi) is 1.91. The van der Waals surface area contributed by atoms with Crippen LogP contribution in [-0.2, 0) is 19.4 Å². The first kappa shape index (κ1) is 7.84. The first-order valence-electron chi connectivity index (χ1n) is 4.84. The fraction of sp³-hybridized carbons (Fsp3) is 0.700. The Morgan fingerprint density at radius 3 is 3.25 bits per heavy atom. The van der Waals surface area contributed by atoms with Gasteiger partial charge in [-0.3, -0.25) is 4.68 Å². The molecule has 0 radical (unpaired) electrons. The highest BCUT2D eigenvalue weighted by atomic mass is 15.3. The summed E-state index contributed by atoms with van der Waals surface area (Å²) in [5.41, 5.74) is 2.93. The lowest BCUT2D eigenvalue weighted by Gasteiger charge is -2.20. The molecule has 0 fully saturated rings. The second-order valence-corrected chi connectivity index (χ2v) is 3.80. The maximum Gasteiger partial charge on any atom is 0.0524 e. The van der Waals surface area contributed by atoms with Crippen molar-refractivity contribution in [2.45, 2.75) is 39.7 Å². The van der Waals surface area contributed by atoms with Crippen molar-refractivity contribution < 1.29 is 0 Å². The van der Waals surface area contributed by atoms with Crippen molar-refractivity contribution in [3.63, 3.8) is 0 Å². The molecule has 2 heterocycles. The molecule has 0 spiro atoms. The third kappa shape index (κ3) is 1.15. The standard InChI is InChI=1S/C10H16N2/c1-3-9-6-11-12-7-8(2)4-5-10(9)12/h6,8H,3-5,7H2,1-2H3. The second kappa shape index (κ2) is 2.92. The normalized spacial score (nSPS) is 22.3. The summed E-state index contributed by atoms with van der Waals surface area (Å²) in [6, 6.07) is 0. The predicted molar refractivity (Wildman–Crippen MR) is 49.1 cm³/mol. The molecule has 1 atom stereocenters. The lowest BCUT2D eigenvalue weighted by Crippen LogP contribution is -2.19. The maximum absolute atomic E-state index is 4.39. The molecule has 66 valence electrons. The fourth-order valence-corrected chi connectivity index (χ4v) is 1.96. The van der Waals surface area contributed by atoms with E-state index in [0.29, 0.717) is 0 Å². The van der Waals surface area contributed by atoms with Crippen LogP contribution in [-0.4, -0.2) is 9.78 Å². The number of fused-ring (bicyclic) bond motifs is 1. The lowest BCUT2D eigenvalue weighted by atomic mass is 9.98. The molecule has 0 N–H and O–H groups in total. The Balaban J connectivity index is 2.32. The molecular weight excluding hydrogens is 148 g/mol. The van der Waals surface area contributed by atoms with Gasteiger partial charge in [0, 0.05) is 12.2 Å². The molecule has 0 saturated carbocycles. The highest BCUT2D eigenvalue weighted by Crippen LogP contribution is 2.21. The zero-order valence-electron chi connectivity index (χ0n) is 7.88. The summed E-state index contributed by atoms with van der Waals surface area (Å²) in [4.78, 5) is 0. The summed E-state index contributed by atoms with van der Waals surface area (Å²) in [5.74, 6) is 0.808. The topological polar surface area (TPSA) is 17.8 Å². The molecular formula is C10H16N2. The van der Waals surface area contributed by atoms with Crippen molar-refractivity contribution in [3.8, 4) is 0 Å². The van der Waals surface area contributed by atoms with E-state index in [4.69, 9.17) is 0 Å². The molecule has 0 aromatic carbocycles. The molecule has 2 heteroatoms. The summed E-state index contributed by atoms with van der Waals surface area (Å²) in [6.45, 7) is 5.63. The van der Waals surface area contributed by atoms with E-state index in [0.717, 1.165) is 18.9 Å². The molecule has 1 unspecified atom stereocenters. The van der Waals surface area contributed by atoms with Gasteiger partial charge in [-0.1, -0.05) is 13.8 Å². The van der Waals surface area contributed by atoms with Gasteiger partial charge in [0.1, 0.15) is 0 Å². The highest BCUT2D eigenvalue weighted by molar-refractivity contribution is 5.19. The van der Waals surface area contributed by atoms with E-state index in [1.807, 2.05) is 6.20 Å². The van der Waals surface area contributed by atoms with Crippen LogP contribution < -0.4 is 0 Å². The molecule has 0 bridgehead atoms. The summed E-state index contributed by atoms with van der Waals surface area (Å²) in [5, 5.41) is 4.39. The Bertz CT molecular complexity index is 275. The van der Waals surface area contributed by atoms with Crippen LogP contribution >= 0.6 is 0 Å². The monoisotopic (exact) mass is 164 g/mol. The molecule has 1 aromatic rings. The van der Waals surface area contributed by atoms with Gasteiger partial charge in [-0.25, -0.2) is 0 Å². The number of aromatic nitrogens is 2. The van der Waals surface area contributed by atoms with E-state index in [1.165, 1.54) is 24.1 Å². The SMILES string of the molecule is CCc1cnn2c1CCC(C)C2. The Hall–Kier alpha value is -0.790. The number of aryl methyl sites for hydroxylation is 1. The van der Waals surface area contributed by atoms with Crippen molar-refractivity contribution in [2.24, 2.45) is 5.92 Å². The second-order valence-electron chi connectivity index (χ2n) is 3.80. The van der Waals surface area contributed by atoms with Crippen LogP contribution in [0.2, 0.25) is 0 Å². The van der Waals surface area contributed by atoms with Crippen LogP contribution in [0.15, 0.2) is 6.20 Å². The summed E-state index contributed by atoms with van der Waals surface area (Å²) >= 11 is 0. The first-order valence-corrected chi connectivity index (χ1v) is 4.84. The van der Waals surface area contributed by atoms with E-state index in [9.17, 15) is 0 Å². The lowest BCUT2D eigenvalue weighted by molar-refractivity contribution is 0.371. The number of nitrogens with zero attached hydrogens (tertiary/aromatic N) is 2. The van der Waals surface area contributed by atoms with Gasteiger partial charge in [0.25, 0.3) is 0 Å². The molecule has 1 aliphatic heterocycles. The maximum atomic E-state index is 4.39. The van der Waals surface area contributed by atoms with Crippen molar-refractivity contribution in [2.75, 3.05) is 0 Å². The van der Waals surface area contributed by atoms with Gasteiger partial charge in [0.05, 0.1) is 6.20 Å². The zero-order valence-corrected chi connectivity index (χ0v) is 7.88. The quantitative estimate of drug-likeness (QED) is 0.621. The summed E-state index contributed by atoms with van der Waals surface area (Å²) in [7, 11) is 0. The molecule has 0 saturated heterocycles. The van der Waals surface area contributed by atoms with Gasteiger partial charge in [-0.05, 0) is 30.7 Å². The largest absolute Gasteiger partial charge is 0.269 e. The van der Waals surface area contributed by atoms with E-state index < -0.39 is 0 Å². The molecule has 12 heavy (non-hydrogen) atoms. The van der Waals surface area contributed by atoms with Crippen LogP contribution in [0.3, 0.4) is 0 Å². The van der Waals surface area contributed by atoms with Gasteiger partial charge < -0.3 is 0 Å². The third-order valence-electron chi connectivity index (χ3n) is 2.77. The van der Waals surface area contributed by atoms with Crippen LogP contribution in [0.5, 0.6) is 0 Å². The Morgan fingerprint density at radius 2 is 2.50 bits per heavy atom. The number of hydrogen-bond acceptors (Lipinski definition) is 1. The Labute approximate surface area is 73.6 Å². The van der Waals surface area contributed by atoms with Gasteiger partial charge in [-0.2, -0.15) is 5.10 Å². The van der Waals surface area contributed by atoms with Crippen molar-refractivity contribution in [3.05, 3.63) is 17.5 Å². The number of hydrogen-bond donors (Lipinski definition) is 0. The van der Waals surface area contributed by atoms with Crippen molar-refractivity contribution in [1.29, 1.82) is 0 Å². The smallest absolute Gasteiger partial charge is 0.0524 e. The first-order chi connectivity index (χ1) is 5.81. The third-order valence-corrected chi connectivity index (χ3v) is 2.77. The minimum absolute atomic E-state index is 0.808. The molecule has 2 rings (SSSR count). The minimum atomic E-state index is 0.808. The molecule has 1 aliphatic rings.